The van der Waals surface area contributed by atoms with E-state index in [0.29, 0.717) is 0 Å². The van der Waals surface area contributed by atoms with Crippen LogP contribution in [0.1, 0.15) is 83.5 Å². The summed E-state index contributed by atoms with van der Waals surface area (Å²) in [5.41, 5.74) is 0. The van der Waals surface area contributed by atoms with Crippen molar-refractivity contribution in [3.05, 3.63) is 0 Å². The van der Waals surface area contributed by atoms with Crippen LogP contribution in [-0.4, -0.2) is 0 Å². The van der Waals surface area contributed by atoms with E-state index in [0.717, 1.165) is 11.8 Å². The molecule has 0 heteroatoms. The van der Waals surface area contributed by atoms with E-state index in [1.165, 1.54) is 44.9 Å². The number of fused-ring (bicyclic) bond motifs is 10. The second kappa shape index (κ2) is 6.55. The van der Waals surface area contributed by atoms with Crippen LogP contribution in [0.3, 0.4) is 0 Å². The molecule has 88 valence electrons. The van der Waals surface area contributed by atoms with E-state index in [9.17, 15) is 0 Å². The lowest BCUT2D eigenvalue weighted by Gasteiger charge is -2.20. The van der Waals surface area contributed by atoms with Gasteiger partial charge in [0.25, 0.3) is 0 Å². The molecule has 0 spiro atoms. The molecule has 0 amide bonds. The predicted molar refractivity (Wildman–Crippen MR) is 67.0 cm³/mol. The van der Waals surface area contributed by atoms with Gasteiger partial charge in [0.2, 0.25) is 0 Å². The molecule has 0 aromatic heterocycles. The fraction of sp³-hybridized carbons (Fsp3) is 1.00. The highest BCUT2D eigenvalue weighted by atomic mass is 14.2. The van der Waals surface area contributed by atoms with E-state index in [2.05, 4.69) is 0 Å². The van der Waals surface area contributed by atoms with Gasteiger partial charge in [-0.2, -0.15) is 0 Å². The van der Waals surface area contributed by atoms with E-state index in [4.69, 9.17) is 0 Å². The van der Waals surface area contributed by atoms with Gasteiger partial charge in [-0.1, -0.05) is 83.5 Å². The third-order valence-electron chi connectivity index (χ3n) is 4.67. The Bertz CT molecular complexity index is 126. The molecule has 0 heterocycles. The maximum absolute atomic E-state index is 1.55. The Morgan fingerprint density at radius 2 is 0.600 bits per heavy atom. The molecule has 0 aromatic carbocycles. The molecule has 3 saturated carbocycles. The number of hydrogen-bond donors (Lipinski definition) is 0. The first-order chi connectivity index (χ1) is 7.45. The summed E-state index contributed by atoms with van der Waals surface area (Å²) in [6.45, 7) is 0. The third-order valence-corrected chi connectivity index (χ3v) is 4.67. The Kier molecular flexibility index (Phi) is 5.02. The minimum Gasteiger partial charge on any atom is -0.0533 e. The Morgan fingerprint density at radius 1 is 0.333 bits per heavy atom. The van der Waals surface area contributed by atoms with Crippen molar-refractivity contribution in [2.24, 2.45) is 11.8 Å². The smallest absolute Gasteiger partial charge is 0.0414 e. The van der Waals surface area contributed by atoms with Gasteiger partial charge >= 0.3 is 0 Å². The molecular formula is C15H28. The lowest BCUT2D eigenvalue weighted by atomic mass is 9.86. The van der Waals surface area contributed by atoms with Crippen LogP contribution >= 0.6 is 0 Å². The Morgan fingerprint density at radius 3 is 0.933 bits per heavy atom. The van der Waals surface area contributed by atoms with Crippen LogP contribution in [0.15, 0.2) is 0 Å². The molecule has 3 aliphatic rings. The fourth-order valence-electron chi connectivity index (χ4n) is 3.64. The fourth-order valence-corrected chi connectivity index (χ4v) is 3.64. The Balaban J connectivity index is 1.93. The van der Waals surface area contributed by atoms with Crippen LogP contribution < -0.4 is 0 Å². The molecule has 3 aliphatic carbocycles. The van der Waals surface area contributed by atoms with Crippen molar-refractivity contribution in [2.45, 2.75) is 83.5 Å². The molecule has 15 heavy (non-hydrogen) atoms. The standard InChI is InChI=1S/C15H28/c1-2-8-14-10-4-6-12-15(9-3-1)13-7-5-11-14/h14-15H,1-13H2. The molecular weight excluding hydrogens is 180 g/mol. The van der Waals surface area contributed by atoms with Gasteiger partial charge in [-0.25, -0.2) is 0 Å². The first kappa shape index (κ1) is 11.5. The molecule has 0 aliphatic heterocycles. The number of hydrogen-bond acceptors (Lipinski definition) is 0. The molecule has 0 atom stereocenters. The summed E-state index contributed by atoms with van der Waals surface area (Å²) in [5, 5.41) is 0. The summed E-state index contributed by atoms with van der Waals surface area (Å²) in [6, 6.07) is 0. The molecule has 0 unspecified atom stereocenters. The van der Waals surface area contributed by atoms with Gasteiger partial charge in [0, 0.05) is 0 Å². The van der Waals surface area contributed by atoms with Crippen LogP contribution in [0.5, 0.6) is 0 Å². The number of rotatable bonds is 0. The SMILES string of the molecule is C1CCC2CCCCC(CC1)CCCC2. The first-order valence-electron chi connectivity index (χ1n) is 7.45. The summed E-state index contributed by atoms with van der Waals surface area (Å²) in [4.78, 5) is 0. The maximum atomic E-state index is 1.55. The van der Waals surface area contributed by atoms with Crippen molar-refractivity contribution in [1.82, 2.24) is 0 Å². The normalized spacial score (nSPS) is 35.2. The van der Waals surface area contributed by atoms with E-state index >= 15 is 0 Å². The van der Waals surface area contributed by atoms with Crippen LogP contribution in [0.2, 0.25) is 0 Å². The largest absolute Gasteiger partial charge is 0.0533 e. The molecule has 3 fully saturated rings. The molecule has 2 bridgehead atoms. The zero-order chi connectivity index (χ0) is 10.3. The lowest BCUT2D eigenvalue weighted by Crippen LogP contribution is -2.05. The van der Waals surface area contributed by atoms with Crippen molar-refractivity contribution in [2.75, 3.05) is 0 Å². The summed E-state index contributed by atoms with van der Waals surface area (Å²) >= 11 is 0. The second-order valence-electron chi connectivity index (χ2n) is 5.94. The highest BCUT2D eigenvalue weighted by Gasteiger charge is 2.15. The van der Waals surface area contributed by atoms with Crippen molar-refractivity contribution >= 4 is 0 Å². The van der Waals surface area contributed by atoms with Crippen LogP contribution in [0.25, 0.3) is 0 Å². The van der Waals surface area contributed by atoms with E-state index < -0.39 is 0 Å². The van der Waals surface area contributed by atoms with Gasteiger partial charge in [-0.3, -0.25) is 0 Å². The van der Waals surface area contributed by atoms with Crippen LogP contribution in [0.4, 0.5) is 0 Å². The summed E-state index contributed by atoms with van der Waals surface area (Å²) in [7, 11) is 0. The molecule has 0 radical (unpaired) electrons. The van der Waals surface area contributed by atoms with Gasteiger partial charge in [0.1, 0.15) is 0 Å². The molecule has 0 aromatic rings. The van der Waals surface area contributed by atoms with E-state index in [-0.39, 0.29) is 0 Å². The molecule has 0 nitrogen and oxygen atoms in total. The van der Waals surface area contributed by atoms with Gasteiger partial charge in [-0.05, 0) is 11.8 Å². The van der Waals surface area contributed by atoms with Gasteiger partial charge in [0.05, 0.1) is 0 Å². The highest BCUT2D eigenvalue weighted by molar-refractivity contribution is 4.69. The van der Waals surface area contributed by atoms with Crippen molar-refractivity contribution < 1.29 is 0 Å². The second-order valence-corrected chi connectivity index (χ2v) is 5.94. The quantitative estimate of drug-likeness (QED) is 0.505. The summed E-state index contributed by atoms with van der Waals surface area (Å²) < 4.78 is 0. The first-order valence-corrected chi connectivity index (χ1v) is 7.45. The Hall–Kier alpha value is 0. The van der Waals surface area contributed by atoms with E-state index in [1.54, 1.807) is 38.5 Å². The van der Waals surface area contributed by atoms with Crippen molar-refractivity contribution in [3.8, 4) is 0 Å². The maximum Gasteiger partial charge on any atom is -0.0414 e. The average molecular weight is 208 g/mol. The Labute approximate surface area is 95.8 Å². The minimum atomic E-state index is 1.10. The lowest BCUT2D eigenvalue weighted by molar-refractivity contribution is 0.332. The van der Waals surface area contributed by atoms with E-state index in [1.807, 2.05) is 0 Å². The molecule has 3 rings (SSSR count). The van der Waals surface area contributed by atoms with Gasteiger partial charge in [0.15, 0.2) is 0 Å². The minimum absolute atomic E-state index is 1.10. The topological polar surface area (TPSA) is 0 Å². The summed E-state index contributed by atoms with van der Waals surface area (Å²) in [6.07, 6.45) is 20.0. The van der Waals surface area contributed by atoms with Gasteiger partial charge < -0.3 is 0 Å². The monoisotopic (exact) mass is 208 g/mol. The van der Waals surface area contributed by atoms with Crippen molar-refractivity contribution in [3.63, 3.8) is 0 Å². The molecule has 0 saturated heterocycles. The third kappa shape index (κ3) is 4.17. The average Bonchev–Trinajstić information content (AvgIpc) is 2.34. The zero-order valence-electron chi connectivity index (χ0n) is 10.3. The predicted octanol–water partition coefficient (Wildman–Crippen LogP) is 5.32. The highest BCUT2D eigenvalue weighted by Crippen LogP contribution is 2.31. The van der Waals surface area contributed by atoms with Crippen LogP contribution in [0, 0.1) is 11.8 Å². The van der Waals surface area contributed by atoms with Crippen molar-refractivity contribution in [1.29, 1.82) is 0 Å². The molecule has 0 N–H and O–H groups in total. The van der Waals surface area contributed by atoms with Crippen LogP contribution in [-0.2, 0) is 0 Å². The van der Waals surface area contributed by atoms with Gasteiger partial charge in [-0.15, -0.1) is 0 Å². The summed E-state index contributed by atoms with van der Waals surface area (Å²) in [5.74, 6) is 2.19. The zero-order valence-corrected chi connectivity index (χ0v) is 10.3.